The minimum atomic E-state index is -0.728. The van der Waals surface area contributed by atoms with Crippen LogP contribution in [0.1, 0.15) is 194 Å². The van der Waals surface area contributed by atoms with Crippen LogP contribution in [0.25, 0.3) is 65.4 Å². The van der Waals surface area contributed by atoms with Gasteiger partial charge < -0.3 is 85.5 Å². The van der Waals surface area contributed by atoms with Gasteiger partial charge in [0.25, 0.3) is 5.69 Å². The first-order chi connectivity index (χ1) is 68.8. The fourth-order valence-electron chi connectivity index (χ4n) is 16.3. The number of methoxy groups -OCH3 is 1. The van der Waals surface area contributed by atoms with E-state index in [-0.39, 0.29) is 30.9 Å². The number of amides is 3. The highest BCUT2D eigenvalue weighted by molar-refractivity contribution is 9.10. The molecule has 30 nitrogen and oxygen atoms in total. The third-order valence-electron chi connectivity index (χ3n) is 23.2. The van der Waals surface area contributed by atoms with Gasteiger partial charge in [-0.2, -0.15) is 20.7 Å². The molecular weight excluding hydrogens is 1960 g/mol. The number of rotatable bonds is 27. The minimum Gasteiger partial charge on any atom is -0.623 e. The summed E-state index contributed by atoms with van der Waals surface area (Å²) in [5.41, 5.74) is 16.4. The summed E-state index contributed by atoms with van der Waals surface area (Å²) < 4.78 is 25.1. The summed E-state index contributed by atoms with van der Waals surface area (Å²) in [6, 6.07) is 83.8. The Kier molecular flexibility index (Phi) is 37.8. The Labute approximate surface area is 853 Å². The topological polar surface area (TPSA) is 405 Å². The normalized spacial score (nSPS) is 13.0. The van der Waals surface area contributed by atoms with Gasteiger partial charge in [-0.1, -0.05) is 209 Å². The number of nitro benzene ring substituents is 1. The van der Waals surface area contributed by atoms with Crippen LogP contribution in [0.3, 0.4) is 0 Å². The van der Waals surface area contributed by atoms with Crippen molar-refractivity contribution < 1.29 is 68.6 Å². The lowest BCUT2D eigenvalue weighted by Crippen LogP contribution is -2.39. The van der Waals surface area contributed by atoms with Crippen molar-refractivity contribution in [3.8, 4) is 5.75 Å². The number of halogens is 2. The molecule has 13 N–H and O–H groups in total. The van der Waals surface area contributed by atoms with Crippen LogP contribution in [0.2, 0.25) is 0 Å². The molecule has 17 rings (SSSR count). The number of non-ortho nitro benzene ring substituents is 1. The van der Waals surface area contributed by atoms with Gasteiger partial charge in [-0.25, -0.2) is 23.9 Å². The standard InChI is InChI=1S/C23H29N3O4.C22H19N3O3.C18H26N2O3.2C17H15BrN2O.C15H21N3O3/c1-23(2,3)30-22(27)25-14-21(26(28)15-16-8-6-5-7-9-16)19-13-24-20-12-17(29-4)10-11-18(19)20;26-24(15-16-6-2-1-3-7-16)22(17-10-12-18(13-11-17)25(27)28)20-14-23-21-9-5-4-8-19(20)21;1-12(2)10-16(20(22)17(21)23-18(3,4)5)14-11-19-15-9-7-6-8-13(14)15;2*1-12(20(21)11-13-5-3-2-4-6-13)16-10-19-17-8-7-14(18)9-15(16)17;1-15(2,3)21-14(19)17-9-13(18-20)11-8-16-12-7-5-4-6-10(11)12/h5-13,21,24,28H,14-15H2,1-4H3,(H,25,27);1-14,22-23,26H,15H2;6-9,11-12,16,19,22H,10H2,1-5H3;2*2-12,19H,1H3;4-8,13,16,18,20H,9H2,1-3H3,(H,17,19)/b;;;2*20-11+;. The fraction of sp³-hybridized carbons (Fsp3) is 0.259. The van der Waals surface area contributed by atoms with E-state index in [0.29, 0.717) is 25.4 Å². The number of nitrogens with one attached hydrogen (secondary N) is 9. The first kappa shape index (κ1) is 108. The monoisotopic (exact) mass is 2080 g/mol. The predicted molar refractivity (Wildman–Crippen MR) is 572 cm³/mol. The molecule has 144 heavy (non-hydrogen) atoms. The molecule has 0 aliphatic rings. The van der Waals surface area contributed by atoms with Gasteiger partial charge in [0, 0.05) is 203 Å². The Hall–Kier alpha value is -14.7. The number of aromatic amines is 6. The molecule has 0 bridgehead atoms. The minimum absolute atomic E-state index is 0.0222. The van der Waals surface area contributed by atoms with Gasteiger partial charge in [-0.15, -0.1) is 0 Å². The molecule has 6 atom stereocenters. The number of aromatic nitrogens is 6. The summed E-state index contributed by atoms with van der Waals surface area (Å²) in [5.74, 6) is 1.05. The maximum Gasteiger partial charge on any atom is 0.434 e. The third kappa shape index (κ3) is 30.4. The molecule has 6 heterocycles. The smallest absolute Gasteiger partial charge is 0.434 e. The number of H-pyrrole nitrogens is 6. The molecule has 752 valence electrons. The van der Waals surface area contributed by atoms with Crippen LogP contribution in [0.4, 0.5) is 20.1 Å². The average Bonchev–Trinajstić information content (AvgIpc) is 1.62. The maximum absolute atomic E-state index is 12.4. The van der Waals surface area contributed by atoms with Crippen LogP contribution >= 0.6 is 31.9 Å². The average molecular weight is 2080 g/mol. The van der Waals surface area contributed by atoms with Crippen molar-refractivity contribution in [1.82, 2.24) is 61.2 Å². The largest absolute Gasteiger partial charge is 0.623 e. The lowest BCUT2D eigenvalue weighted by atomic mass is 9.96. The SMILES string of the molecule is CC(C)(C)OC(=O)NCC(NO)c1c[nH]c2ccccc12.CC(C)CC(c1c[nH]c2ccccc12)N(O)C(=O)OC(C)(C)C.CC(c1c[nH]c2ccc(Br)cc12)/[N+]([O-])=C\c1ccccc1.CC(c1c[nH]c2ccc(Br)cc12)/[N+]([O-])=C\c1ccccc1.COc1ccc2c(C(CNC(=O)OC(C)(C)C)N(O)Cc3ccccc3)c[nH]c2c1.O=[N+]([O-])c1ccc(C(c2c[nH]c3ccccc23)N(O)Cc2ccccc2)cc1. The molecule has 6 unspecified atom stereocenters. The second-order valence-corrected chi connectivity index (χ2v) is 39.7. The molecule has 32 heteroatoms. The van der Waals surface area contributed by atoms with E-state index in [0.717, 1.165) is 156 Å². The summed E-state index contributed by atoms with van der Waals surface area (Å²) in [6.07, 6.45) is 13.3. The summed E-state index contributed by atoms with van der Waals surface area (Å²) in [5, 5.41) is 92.2. The van der Waals surface area contributed by atoms with E-state index in [4.69, 9.17) is 18.9 Å². The second-order valence-electron chi connectivity index (χ2n) is 37.9. The highest BCUT2D eigenvalue weighted by Gasteiger charge is 2.33. The molecule has 11 aromatic carbocycles. The van der Waals surface area contributed by atoms with Gasteiger partial charge in [-0.05, 0) is 193 Å². The summed E-state index contributed by atoms with van der Waals surface area (Å²) in [7, 11) is 1.62. The van der Waals surface area contributed by atoms with E-state index in [2.05, 4.69) is 91.7 Å². The summed E-state index contributed by atoms with van der Waals surface area (Å²) in [4.78, 5) is 65.9. The van der Waals surface area contributed by atoms with Crippen LogP contribution in [0, 0.1) is 26.4 Å². The van der Waals surface area contributed by atoms with E-state index in [1.54, 1.807) is 73.2 Å². The number of alkyl carbamates (subject to hydrolysis) is 2. The van der Waals surface area contributed by atoms with E-state index in [1.807, 2.05) is 321 Å². The number of carbonyl (C=O) groups is 3. The number of benzene rings is 11. The zero-order valence-corrected chi connectivity index (χ0v) is 86.1. The quantitative estimate of drug-likeness (QED) is 0.00432. The molecule has 0 saturated carbocycles. The molecule has 6 aromatic heterocycles. The number of nitrogens with zero attached hydrogens (tertiary/aromatic N) is 6. The third-order valence-corrected chi connectivity index (χ3v) is 24.2. The summed E-state index contributed by atoms with van der Waals surface area (Å²) >= 11 is 6.96. The highest BCUT2D eigenvalue weighted by atomic mass is 79.9. The van der Waals surface area contributed by atoms with Crippen molar-refractivity contribution in [3.63, 3.8) is 0 Å². The second kappa shape index (κ2) is 50.3. The number of hydrogen-bond donors (Lipinski definition) is 13. The predicted octanol–water partition coefficient (Wildman–Crippen LogP) is 26.5. The maximum atomic E-state index is 12.4. The van der Waals surface area contributed by atoms with Crippen LogP contribution in [0.15, 0.2) is 319 Å². The molecule has 0 saturated heterocycles. The van der Waals surface area contributed by atoms with Crippen molar-refractivity contribution >= 4 is 134 Å². The lowest BCUT2D eigenvalue weighted by molar-refractivity contribution is -0.498. The number of hydroxylamine groups is 9. The lowest BCUT2D eigenvalue weighted by Gasteiger charge is -2.29. The Bertz CT molecular complexity index is 6970. The van der Waals surface area contributed by atoms with Crippen molar-refractivity contribution in [2.45, 2.75) is 163 Å². The first-order valence-corrected chi connectivity index (χ1v) is 48.7. The van der Waals surface area contributed by atoms with E-state index in [1.165, 1.54) is 22.3 Å². The van der Waals surface area contributed by atoms with Crippen LogP contribution < -0.4 is 20.9 Å². The highest BCUT2D eigenvalue weighted by Crippen LogP contribution is 2.39. The van der Waals surface area contributed by atoms with Crippen LogP contribution in [-0.2, 0) is 27.3 Å². The zero-order chi connectivity index (χ0) is 104. The van der Waals surface area contributed by atoms with Crippen molar-refractivity contribution in [3.05, 3.63) is 401 Å². The number of para-hydroxylation sites is 3. The Morgan fingerprint density at radius 1 is 0.417 bits per heavy atom. The number of nitro groups is 1. The van der Waals surface area contributed by atoms with E-state index < -0.39 is 64.2 Å². The molecule has 0 aliphatic carbocycles. The molecule has 0 spiro atoms. The zero-order valence-electron chi connectivity index (χ0n) is 82.9. The van der Waals surface area contributed by atoms with Crippen LogP contribution in [0.5, 0.6) is 5.75 Å². The van der Waals surface area contributed by atoms with E-state index >= 15 is 0 Å². The number of ether oxygens (including phenoxy) is 4. The number of hydrogen-bond acceptors (Lipinski definition) is 18. The van der Waals surface area contributed by atoms with Crippen molar-refractivity contribution in [2.75, 3.05) is 20.2 Å². The Balaban J connectivity index is 0.000000155. The Morgan fingerprint density at radius 2 is 0.792 bits per heavy atom. The molecule has 0 fully saturated rings. The van der Waals surface area contributed by atoms with Gasteiger partial charge in [0.1, 0.15) is 22.6 Å². The first-order valence-electron chi connectivity index (χ1n) is 47.1. The molecular formula is C112H125Br2N15O15. The summed E-state index contributed by atoms with van der Waals surface area (Å²) in [6.45, 7) is 25.1. The van der Waals surface area contributed by atoms with Crippen molar-refractivity contribution in [1.29, 1.82) is 0 Å². The molecule has 0 radical (unpaired) electrons. The van der Waals surface area contributed by atoms with Gasteiger partial charge in [-0.3, -0.25) is 15.3 Å². The molecule has 3 amide bonds. The fourth-order valence-corrected chi connectivity index (χ4v) is 17.0. The number of fused-ring (bicyclic) bond motifs is 6. The van der Waals surface area contributed by atoms with Gasteiger partial charge in [0.2, 0.25) is 0 Å². The Morgan fingerprint density at radius 3 is 1.23 bits per heavy atom. The van der Waals surface area contributed by atoms with E-state index in [9.17, 15) is 55.7 Å². The van der Waals surface area contributed by atoms with Gasteiger partial charge in [0.15, 0.2) is 24.5 Å². The molecule has 0 aliphatic heterocycles. The van der Waals surface area contributed by atoms with Crippen LogP contribution in [-0.4, -0.2) is 148 Å². The number of carbonyl (C=O) groups excluding carboxylic acids is 3. The van der Waals surface area contributed by atoms with Gasteiger partial charge >= 0.3 is 18.3 Å². The van der Waals surface area contributed by atoms with Gasteiger partial charge in [0.05, 0.1) is 36.2 Å². The molecule has 17 aromatic rings. The van der Waals surface area contributed by atoms with Crippen molar-refractivity contribution in [2.24, 2.45) is 5.92 Å².